The molecule has 0 aliphatic heterocycles. The predicted molar refractivity (Wildman–Crippen MR) is 84.6 cm³/mol. The fourth-order valence-electron chi connectivity index (χ4n) is 2.51. The Balaban J connectivity index is 1.98. The third kappa shape index (κ3) is 4.62. The van der Waals surface area contributed by atoms with Crippen molar-refractivity contribution >= 4 is 11.8 Å². The fraction of sp³-hybridized carbons (Fsp3) is 0.412. The van der Waals surface area contributed by atoms with E-state index in [1.165, 1.54) is 18.4 Å². The molecule has 0 aromatic heterocycles. The van der Waals surface area contributed by atoms with Gasteiger partial charge in [0.25, 0.3) is 11.8 Å². The fourth-order valence-corrected chi connectivity index (χ4v) is 2.51. The van der Waals surface area contributed by atoms with Crippen LogP contribution < -0.4 is 15.8 Å². The first-order chi connectivity index (χ1) is 10.6. The van der Waals surface area contributed by atoms with Gasteiger partial charge < -0.3 is 15.8 Å². The molecular formula is C17H22N2O3. The maximum Gasteiger partial charge on any atom is 0.255 e. The Morgan fingerprint density at radius 3 is 2.86 bits per heavy atom. The molecule has 1 aliphatic carbocycles. The van der Waals surface area contributed by atoms with Gasteiger partial charge in [0.2, 0.25) is 0 Å². The number of hydrogen-bond acceptors (Lipinski definition) is 3. The minimum Gasteiger partial charge on any atom is -0.484 e. The third-order valence-corrected chi connectivity index (χ3v) is 3.71. The van der Waals surface area contributed by atoms with Crippen LogP contribution in [0.3, 0.4) is 0 Å². The molecule has 22 heavy (non-hydrogen) atoms. The number of carbonyl (C=O) groups is 2. The summed E-state index contributed by atoms with van der Waals surface area (Å²) in [5, 5.41) is 3.00. The molecule has 1 atom stereocenters. The average molecular weight is 302 g/mol. The van der Waals surface area contributed by atoms with Crippen molar-refractivity contribution in [1.29, 1.82) is 0 Å². The molecule has 0 saturated heterocycles. The van der Waals surface area contributed by atoms with Gasteiger partial charge in [0.1, 0.15) is 5.75 Å². The first-order valence-corrected chi connectivity index (χ1v) is 7.57. The number of carbonyl (C=O) groups excluding carboxylic acids is 2. The highest BCUT2D eigenvalue weighted by Gasteiger charge is 2.15. The highest BCUT2D eigenvalue weighted by molar-refractivity contribution is 5.95. The number of rotatable bonds is 6. The molecule has 0 bridgehead atoms. The van der Waals surface area contributed by atoms with Gasteiger partial charge in [-0.25, -0.2) is 0 Å². The summed E-state index contributed by atoms with van der Waals surface area (Å²) in [4.78, 5) is 23.0. The summed E-state index contributed by atoms with van der Waals surface area (Å²) in [6, 6.07) is 6.76. The van der Waals surface area contributed by atoms with Gasteiger partial charge in [0.05, 0.1) is 0 Å². The van der Waals surface area contributed by atoms with Crippen LogP contribution in [-0.4, -0.2) is 24.5 Å². The van der Waals surface area contributed by atoms with Crippen molar-refractivity contribution in [2.24, 2.45) is 5.73 Å². The molecule has 3 N–H and O–H groups in total. The molecule has 1 aromatic carbocycles. The number of ether oxygens (including phenoxy) is 1. The van der Waals surface area contributed by atoms with Crippen LogP contribution in [-0.2, 0) is 4.79 Å². The molecule has 5 heteroatoms. The molecule has 5 nitrogen and oxygen atoms in total. The second-order valence-corrected chi connectivity index (χ2v) is 5.50. The summed E-state index contributed by atoms with van der Waals surface area (Å²) in [5.74, 6) is -0.243. The monoisotopic (exact) mass is 302 g/mol. The highest BCUT2D eigenvalue weighted by Crippen LogP contribution is 2.20. The lowest BCUT2D eigenvalue weighted by atomic mass is 9.94. The zero-order valence-electron chi connectivity index (χ0n) is 12.8. The minimum absolute atomic E-state index is 0.0306. The van der Waals surface area contributed by atoms with E-state index in [1.54, 1.807) is 24.3 Å². The Labute approximate surface area is 130 Å². The second-order valence-electron chi connectivity index (χ2n) is 5.50. The molecular weight excluding hydrogens is 280 g/mol. The van der Waals surface area contributed by atoms with Crippen LogP contribution in [0.25, 0.3) is 0 Å². The van der Waals surface area contributed by atoms with Gasteiger partial charge in [-0.1, -0.05) is 17.7 Å². The standard InChI is InChI=1S/C17H22N2O3/c1-12(13-6-3-2-4-7-13)19-17(21)14-8-5-9-15(10-14)22-11-16(18)20/h5-6,8-10,12H,2-4,7,11H2,1H3,(H2,18,20)(H,19,21). The summed E-state index contributed by atoms with van der Waals surface area (Å²) in [6.07, 6.45) is 6.77. The predicted octanol–water partition coefficient (Wildman–Crippen LogP) is 2.17. The lowest BCUT2D eigenvalue weighted by molar-refractivity contribution is -0.119. The van der Waals surface area contributed by atoms with E-state index in [9.17, 15) is 9.59 Å². The quantitative estimate of drug-likeness (QED) is 0.790. The summed E-state index contributed by atoms with van der Waals surface area (Å²) in [5.41, 5.74) is 6.83. The van der Waals surface area contributed by atoms with Crippen molar-refractivity contribution in [3.63, 3.8) is 0 Å². The van der Waals surface area contributed by atoms with Crippen LogP contribution in [0, 0.1) is 0 Å². The zero-order valence-corrected chi connectivity index (χ0v) is 12.8. The Bertz CT molecular complexity index is 581. The molecule has 1 aliphatic rings. The van der Waals surface area contributed by atoms with Crippen LogP contribution in [0.2, 0.25) is 0 Å². The lowest BCUT2D eigenvalue weighted by Gasteiger charge is -2.21. The Kier molecular flexibility index (Phi) is 5.58. The van der Waals surface area contributed by atoms with Crippen molar-refractivity contribution in [2.75, 3.05) is 6.61 Å². The molecule has 2 amide bonds. The maximum absolute atomic E-state index is 12.3. The van der Waals surface area contributed by atoms with E-state index in [4.69, 9.17) is 10.5 Å². The minimum atomic E-state index is -0.548. The van der Waals surface area contributed by atoms with E-state index in [0.29, 0.717) is 11.3 Å². The Morgan fingerprint density at radius 1 is 1.36 bits per heavy atom. The smallest absolute Gasteiger partial charge is 0.255 e. The van der Waals surface area contributed by atoms with E-state index >= 15 is 0 Å². The largest absolute Gasteiger partial charge is 0.484 e. The van der Waals surface area contributed by atoms with Gasteiger partial charge in [0, 0.05) is 11.6 Å². The second kappa shape index (κ2) is 7.64. The molecule has 118 valence electrons. The zero-order chi connectivity index (χ0) is 15.9. The highest BCUT2D eigenvalue weighted by atomic mass is 16.5. The number of nitrogens with one attached hydrogen (secondary N) is 1. The van der Waals surface area contributed by atoms with Gasteiger partial charge in [-0.15, -0.1) is 0 Å². The summed E-state index contributed by atoms with van der Waals surface area (Å²) < 4.78 is 5.21. The number of nitrogens with two attached hydrogens (primary N) is 1. The first kappa shape index (κ1) is 16.1. The van der Waals surface area contributed by atoms with Crippen LogP contribution in [0.4, 0.5) is 0 Å². The molecule has 0 radical (unpaired) electrons. The average Bonchev–Trinajstić information content (AvgIpc) is 2.54. The van der Waals surface area contributed by atoms with E-state index < -0.39 is 5.91 Å². The normalized spacial score (nSPS) is 15.6. The van der Waals surface area contributed by atoms with E-state index in [0.717, 1.165) is 12.8 Å². The molecule has 0 fully saturated rings. The number of benzene rings is 1. The molecule has 0 heterocycles. The summed E-state index contributed by atoms with van der Waals surface area (Å²) >= 11 is 0. The van der Waals surface area contributed by atoms with Crippen molar-refractivity contribution in [3.8, 4) is 5.75 Å². The van der Waals surface area contributed by atoms with Gasteiger partial charge in [-0.3, -0.25) is 9.59 Å². The van der Waals surface area contributed by atoms with Crippen molar-refractivity contribution in [1.82, 2.24) is 5.32 Å². The third-order valence-electron chi connectivity index (χ3n) is 3.71. The van der Waals surface area contributed by atoms with E-state index in [1.807, 2.05) is 6.92 Å². The molecule has 0 saturated carbocycles. The van der Waals surface area contributed by atoms with Crippen molar-refractivity contribution in [3.05, 3.63) is 41.5 Å². The van der Waals surface area contributed by atoms with Crippen molar-refractivity contribution in [2.45, 2.75) is 38.6 Å². The molecule has 1 unspecified atom stereocenters. The van der Waals surface area contributed by atoms with Gasteiger partial charge in [0.15, 0.2) is 6.61 Å². The first-order valence-electron chi connectivity index (χ1n) is 7.57. The Morgan fingerprint density at radius 2 is 2.18 bits per heavy atom. The van der Waals surface area contributed by atoms with E-state index in [2.05, 4.69) is 11.4 Å². The van der Waals surface area contributed by atoms with Crippen LogP contribution in [0.1, 0.15) is 43.0 Å². The van der Waals surface area contributed by atoms with E-state index in [-0.39, 0.29) is 18.6 Å². The van der Waals surface area contributed by atoms with Crippen LogP contribution >= 0.6 is 0 Å². The molecule has 2 rings (SSSR count). The lowest BCUT2D eigenvalue weighted by Crippen LogP contribution is -2.34. The molecule has 0 spiro atoms. The van der Waals surface area contributed by atoms with Gasteiger partial charge >= 0.3 is 0 Å². The number of hydrogen-bond donors (Lipinski definition) is 2. The summed E-state index contributed by atoms with van der Waals surface area (Å²) in [7, 11) is 0. The number of allylic oxidation sites excluding steroid dienone is 1. The number of primary amides is 1. The Hall–Kier alpha value is -2.30. The van der Waals surface area contributed by atoms with Gasteiger partial charge in [-0.05, 0) is 50.8 Å². The van der Waals surface area contributed by atoms with Crippen LogP contribution in [0.5, 0.6) is 5.75 Å². The van der Waals surface area contributed by atoms with Gasteiger partial charge in [-0.2, -0.15) is 0 Å². The SMILES string of the molecule is CC(NC(=O)c1cccc(OCC(N)=O)c1)C1=CCCCC1. The summed E-state index contributed by atoms with van der Waals surface area (Å²) in [6.45, 7) is 1.80. The topological polar surface area (TPSA) is 81.4 Å². The van der Waals surface area contributed by atoms with Crippen LogP contribution in [0.15, 0.2) is 35.9 Å². The molecule has 1 aromatic rings. The number of amides is 2. The maximum atomic E-state index is 12.3. The van der Waals surface area contributed by atoms with Crippen molar-refractivity contribution < 1.29 is 14.3 Å².